The van der Waals surface area contributed by atoms with Gasteiger partial charge in [0.1, 0.15) is 11.6 Å². The molecule has 0 atom stereocenters. The first-order chi connectivity index (χ1) is 14.2. The summed E-state index contributed by atoms with van der Waals surface area (Å²) in [5, 5.41) is 2.70. The average Bonchev–Trinajstić information content (AvgIpc) is 2.74. The number of rotatable bonds is 6. The van der Waals surface area contributed by atoms with Gasteiger partial charge in [0, 0.05) is 24.2 Å². The minimum atomic E-state index is -3.68. The maximum Gasteiger partial charge on any atom is 0.255 e. The van der Waals surface area contributed by atoms with Crippen LogP contribution < -0.4 is 14.4 Å². The lowest BCUT2D eigenvalue weighted by Gasteiger charge is -2.22. The first-order valence-electron chi connectivity index (χ1n) is 8.99. The quantitative estimate of drug-likeness (QED) is 0.640. The van der Waals surface area contributed by atoms with Crippen molar-refractivity contribution in [3.8, 4) is 16.9 Å². The van der Waals surface area contributed by atoms with Crippen LogP contribution in [-0.2, 0) is 10.0 Å². The number of sulfonamides is 1. The number of amides is 1. The van der Waals surface area contributed by atoms with E-state index in [4.69, 9.17) is 4.74 Å². The van der Waals surface area contributed by atoms with Crippen molar-refractivity contribution in [2.45, 2.75) is 0 Å². The van der Waals surface area contributed by atoms with Crippen LogP contribution >= 0.6 is 0 Å². The van der Waals surface area contributed by atoms with Crippen molar-refractivity contribution < 1.29 is 22.3 Å². The fourth-order valence-corrected chi connectivity index (χ4v) is 3.39. The van der Waals surface area contributed by atoms with Gasteiger partial charge in [-0.15, -0.1) is 0 Å². The van der Waals surface area contributed by atoms with Gasteiger partial charge >= 0.3 is 0 Å². The number of hydrogen-bond acceptors (Lipinski definition) is 4. The number of carbonyl (C=O) groups is 1. The monoisotopic (exact) mass is 428 g/mol. The molecule has 0 aliphatic carbocycles. The van der Waals surface area contributed by atoms with Gasteiger partial charge in [-0.3, -0.25) is 9.10 Å². The molecule has 0 aliphatic rings. The Morgan fingerprint density at radius 1 is 1.03 bits per heavy atom. The molecule has 0 fully saturated rings. The van der Waals surface area contributed by atoms with Crippen LogP contribution in [0.25, 0.3) is 11.1 Å². The molecule has 3 rings (SSSR count). The van der Waals surface area contributed by atoms with Gasteiger partial charge in [0.25, 0.3) is 5.91 Å². The third-order valence-electron chi connectivity index (χ3n) is 4.61. The minimum absolute atomic E-state index is 0.0246. The van der Waals surface area contributed by atoms with E-state index in [0.717, 1.165) is 16.6 Å². The Morgan fingerprint density at radius 2 is 1.67 bits per heavy atom. The van der Waals surface area contributed by atoms with Crippen LogP contribution in [-0.4, -0.2) is 34.7 Å². The van der Waals surface area contributed by atoms with Gasteiger partial charge in [-0.05, 0) is 35.9 Å². The second-order valence-electron chi connectivity index (χ2n) is 6.63. The highest BCUT2D eigenvalue weighted by atomic mass is 32.2. The standard InChI is InChI=1S/C22H21FN2O4S/c1-25(30(3,27)28)21-14-19(23)18(15-7-5-4-6-8-15)13-20(21)24-22(26)16-9-11-17(29-2)12-10-16/h4-14H,1-3H3,(H,24,26). The summed E-state index contributed by atoms with van der Waals surface area (Å²) >= 11 is 0. The summed E-state index contributed by atoms with van der Waals surface area (Å²) in [7, 11) is -0.862. The van der Waals surface area contributed by atoms with E-state index in [1.165, 1.54) is 20.2 Å². The highest BCUT2D eigenvalue weighted by Crippen LogP contribution is 2.35. The van der Waals surface area contributed by atoms with Crippen molar-refractivity contribution in [2.75, 3.05) is 30.0 Å². The Hall–Kier alpha value is -3.39. The molecule has 8 heteroatoms. The molecule has 156 valence electrons. The fourth-order valence-electron chi connectivity index (χ4n) is 2.88. The van der Waals surface area contributed by atoms with Crippen molar-refractivity contribution >= 4 is 27.3 Å². The van der Waals surface area contributed by atoms with Crippen molar-refractivity contribution in [1.29, 1.82) is 0 Å². The number of nitrogens with one attached hydrogen (secondary N) is 1. The molecule has 3 aromatic rings. The molecule has 0 heterocycles. The predicted molar refractivity (Wildman–Crippen MR) is 116 cm³/mol. The van der Waals surface area contributed by atoms with E-state index in [-0.39, 0.29) is 16.9 Å². The molecule has 1 amide bonds. The van der Waals surface area contributed by atoms with E-state index in [0.29, 0.717) is 16.9 Å². The molecule has 0 spiro atoms. The summed E-state index contributed by atoms with van der Waals surface area (Å²) < 4.78 is 45.0. The molecule has 0 aliphatic heterocycles. The van der Waals surface area contributed by atoms with Crippen LogP contribution in [0.5, 0.6) is 5.75 Å². The van der Waals surface area contributed by atoms with E-state index < -0.39 is 21.7 Å². The van der Waals surface area contributed by atoms with Gasteiger partial charge in [-0.2, -0.15) is 0 Å². The lowest BCUT2D eigenvalue weighted by Crippen LogP contribution is -2.26. The normalized spacial score (nSPS) is 11.1. The van der Waals surface area contributed by atoms with E-state index in [2.05, 4.69) is 5.32 Å². The van der Waals surface area contributed by atoms with Crippen molar-refractivity contribution in [3.63, 3.8) is 0 Å². The lowest BCUT2D eigenvalue weighted by atomic mass is 10.0. The molecule has 6 nitrogen and oxygen atoms in total. The highest BCUT2D eigenvalue weighted by Gasteiger charge is 2.21. The number of nitrogens with zero attached hydrogens (tertiary/aromatic N) is 1. The Kier molecular flexibility index (Phi) is 6.07. The largest absolute Gasteiger partial charge is 0.497 e. The highest BCUT2D eigenvalue weighted by molar-refractivity contribution is 7.92. The smallest absolute Gasteiger partial charge is 0.255 e. The molecule has 0 unspecified atom stereocenters. The number of ether oxygens (including phenoxy) is 1. The molecule has 0 saturated heterocycles. The van der Waals surface area contributed by atoms with Gasteiger partial charge in [-0.1, -0.05) is 30.3 Å². The van der Waals surface area contributed by atoms with Gasteiger partial charge in [0.2, 0.25) is 10.0 Å². The van der Waals surface area contributed by atoms with E-state index >= 15 is 0 Å². The van der Waals surface area contributed by atoms with Crippen molar-refractivity contribution in [3.05, 3.63) is 78.1 Å². The number of hydrogen-bond donors (Lipinski definition) is 1. The third-order valence-corrected chi connectivity index (χ3v) is 5.80. The molecule has 1 N–H and O–H groups in total. The van der Waals surface area contributed by atoms with E-state index in [9.17, 15) is 17.6 Å². The van der Waals surface area contributed by atoms with Crippen LogP contribution in [0.4, 0.5) is 15.8 Å². The molecule has 0 aromatic heterocycles. The summed E-state index contributed by atoms with van der Waals surface area (Å²) in [6.07, 6.45) is 1.01. The zero-order valence-corrected chi connectivity index (χ0v) is 17.5. The molecule has 0 radical (unpaired) electrons. The van der Waals surface area contributed by atoms with Crippen LogP contribution in [0.3, 0.4) is 0 Å². The van der Waals surface area contributed by atoms with Crippen LogP contribution in [0, 0.1) is 5.82 Å². The Balaban J connectivity index is 2.07. The zero-order valence-electron chi connectivity index (χ0n) is 16.7. The molecular formula is C22H21FN2O4S. The summed E-state index contributed by atoms with van der Waals surface area (Å²) in [5.74, 6) is -0.474. The Morgan fingerprint density at radius 3 is 2.23 bits per heavy atom. The summed E-state index contributed by atoms with van der Waals surface area (Å²) in [5.41, 5.74) is 1.38. The van der Waals surface area contributed by atoms with Gasteiger partial charge < -0.3 is 10.1 Å². The molecular weight excluding hydrogens is 407 g/mol. The van der Waals surface area contributed by atoms with Gasteiger partial charge in [0.15, 0.2) is 0 Å². The Labute approximate surface area is 175 Å². The van der Waals surface area contributed by atoms with Crippen molar-refractivity contribution in [1.82, 2.24) is 0 Å². The molecule has 3 aromatic carbocycles. The topological polar surface area (TPSA) is 75.7 Å². The first kappa shape index (κ1) is 21.3. The van der Waals surface area contributed by atoms with Crippen molar-refractivity contribution in [2.24, 2.45) is 0 Å². The maximum absolute atomic E-state index is 14.9. The van der Waals surface area contributed by atoms with E-state index in [1.54, 1.807) is 54.6 Å². The second-order valence-corrected chi connectivity index (χ2v) is 8.64. The fraction of sp³-hybridized carbons (Fsp3) is 0.136. The van der Waals surface area contributed by atoms with Crippen LogP contribution in [0.1, 0.15) is 10.4 Å². The maximum atomic E-state index is 14.9. The lowest BCUT2D eigenvalue weighted by molar-refractivity contribution is 0.102. The Bertz CT molecular complexity index is 1160. The van der Waals surface area contributed by atoms with Crippen LogP contribution in [0.2, 0.25) is 0 Å². The number of carbonyl (C=O) groups excluding carboxylic acids is 1. The number of anilines is 2. The van der Waals surface area contributed by atoms with E-state index in [1.807, 2.05) is 0 Å². The average molecular weight is 428 g/mol. The van der Waals surface area contributed by atoms with Gasteiger partial charge in [0.05, 0.1) is 24.7 Å². The number of halogens is 1. The third kappa shape index (κ3) is 4.60. The summed E-state index contributed by atoms with van der Waals surface area (Å²) in [6.45, 7) is 0. The molecule has 30 heavy (non-hydrogen) atoms. The first-order valence-corrected chi connectivity index (χ1v) is 10.8. The predicted octanol–water partition coefficient (Wildman–Crippen LogP) is 4.15. The minimum Gasteiger partial charge on any atom is -0.497 e. The SMILES string of the molecule is COc1ccc(C(=O)Nc2cc(-c3ccccc3)c(F)cc2N(C)S(C)(=O)=O)cc1. The summed E-state index contributed by atoms with van der Waals surface area (Å²) in [4.78, 5) is 12.8. The molecule has 0 bridgehead atoms. The van der Waals surface area contributed by atoms with Gasteiger partial charge in [-0.25, -0.2) is 12.8 Å². The number of methoxy groups -OCH3 is 1. The second kappa shape index (κ2) is 8.54. The van der Waals surface area contributed by atoms with Crippen LogP contribution in [0.15, 0.2) is 66.7 Å². The molecule has 0 saturated carbocycles. The summed E-state index contributed by atoms with van der Waals surface area (Å²) in [6, 6.07) is 17.8. The zero-order chi connectivity index (χ0) is 21.9. The number of benzene rings is 3.